The topological polar surface area (TPSA) is 81.6 Å². The van der Waals surface area contributed by atoms with E-state index in [0.29, 0.717) is 31.3 Å². The van der Waals surface area contributed by atoms with Gasteiger partial charge in [0, 0.05) is 24.2 Å². The van der Waals surface area contributed by atoms with Crippen LogP contribution < -0.4 is 11.5 Å². The maximum absolute atomic E-state index is 11.5. The van der Waals surface area contributed by atoms with Crippen LogP contribution in [0.3, 0.4) is 0 Å². The van der Waals surface area contributed by atoms with Crippen LogP contribution in [0.4, 0.5) is 0 Å². The van der Waals surface area contributed by atoms with Crippen LogP contribution in [-0.2, 0) is 9.53 Å². The van der Waals surface area contributed by atoms with Crippen molar-refractivity contribution in [3.8, 4) is 0 Å². The standard InChI is InChI=1S/C13H18ClN3O2/c14-10-4-2-1-3-9(10)11(7-15)17-5-6-19-8-12(17)13(16)18/h1-4,11-12H,5-8,15H2,(H2,16,18). The largest absolute Gasteiger partial charge is 0.378 e. The van der Waals surface area contributed by atoms with Crippen LogP contribution in [0.15, 0.2) is 24.3 Å². The van der Waals surface area contributed by atoms with Gasteiger partial charge in [-0.15, -0.1) is 0 Å². The van der Waals surface area contributed by atoms with Crippen LogP contribution in [0.2, 0.25) is 5.02 Å². The molecular formula is C13H18ClN3O2. The molecule has 5 nitrogen and oxygen atoms in total. The lowest BCUT2D eigenvalue weighted by Gasteiger charge is -2.39. The lowest BCUT2D eigenvalue weighted by molar-refractivity contribution is -0.131. The first kappa shape index (κ1) is 14.3. The highest BCUT2D eigenvalue weighted by Crippen LogP contribution is 2.29. The van der Waals surface area contributed by atoms with Gasteiger partial charge in [-0.25, -0.2) is 0 Å². The van der Waals surface area contributed by atoms with E-state index in [0.717, 1.165) is 5.56 Å². The smallest absolute Gasteiger partial charge is 0.237 e. The van der Waals surface area contributed by atoms with E-state index >= 15 is 0 Å². The zero-order valence-electron chi connectivity index (χ0n) is 10.6. The number of morpholine rings is 1. The van der Waals surface area contributed by atoms with Gasteiger partial charge in [-0.2, -0.15) is 0 Å². The number of amides is 1. The number of hydrogen-bond donors (Lipinski definition) is 2. The Hall–Kier alpha value is -1.14. The summed E-state index contributed by atoms with van der Waals surface area (Å²) in [6, 6.07) is 6.93. The number of hydrogen-bond acceptors (Lipinski definition) is 4. The van der Waals surface area contributed by atoms with Gasteiger partial charge in [-0.3, -0.25) is 9.69 Å². The Morgan fingerprint density at radius 1 is 1.53 bits per heavy atom. The average molecular weight is 284 g/mol. The minimum absolute atomic E-state index is 0.130. The van der Waals surface area contributed by atoms with Crippen LogP contribution in [0, 0.1) is 0 Å². The maximum Gasteiger partial charge on any atom is 0.237 e. The summed E-state index contributed by atoms with van der Waals surface area (Å²) in [6.07, 6.45) is 0. The van der Waals surface area contributed by atoms with Crippen molar-refractivity contribution in [2.24, 2.45) is 11.5 Å². The molecule has 0 aromatic heterocycles. The Bertz CT molecular complexity index is 455. The number of nitrogens with two attached hydrogens (primary N) is 2. The second-order valence-corrected chi connectivity index (χ2v) is 4.91. The normalized spacial score (nSPS) is 22.1. The quantitative estimate of drug-likeness (QED) is 0.844. The number of rotatable bonds is 4. The van der Waals surface area contributed by atoms with E-state index in [9.17, 15) is 4.79 Å². The fourth-order valence-electron chi connectivity index (χ4n) is 2.42. The fraction of sp³-hybridized carbons (Fsp3) is 0.462. The van der Waals surface area contributed by atoms with Crippen LogP contribution in [0.5, 0.6) is 0 Å². The first-order valence-corrected chi connectivity index (χ1v) is 6.60. The van der Waals surface area contributed by atoms with Crippen molar-refractivity contribution in [3.63, 3.8) is 0 Å². The Balaban J connectivity index is 2.30. The highest BCUT2D eigenvalue weighted by atomic mass is 35.5. The lowest BCUT2D eigenvalue weighted by Crippen LogP contribution is -2.54. The molecule has 4 N–H and O–H groups in total. The molecule has 1 saturated heterocycles. The van der Waals surface area contributed by atoms with Crippen molar-refractivity contribution in [1.29, 1.82) is 0 Å². The fourth-order valence-corrected chi connectivity index (χ4v) is 2.68. The summed E-state index contributed by atoms with van der Waals surface area (Å²) in [6.45, 7) is 1.84. The van der Waals surface area contributed by atoms with Gasteiger partial charge >= 0.3 is 0 Å². The lowest BCUT2D eigenvalue weighted by atomic mass is 10.0. The summed E-state index contributed by atoms with van der Waals surface area (Å²) in [5.41, 5.74) is 12.2. The molecule has 1 aromatic carbocycles. The van der Waals surface area contributed by atoms with Gasteiger partial charge in [-0.05, 0) is 11.6 Å². The second kappa shape index (κ2) is 6.34. The molecule has 1 fully saturated rings. The molecule has 6 heteroatoms. The molecule has 1 amide bonds. The highest BCUT2D eigenvalue weighted by Gasteiger charge is 2.33. The third-order valence-corrected chi connectivity index (χ3v) is 3.73. The zero-order chi connectivity index (χ0) is 13.8. The molecule has 1 aliphatic rings. The van der Waals surface area contributed by atoms with Crippen molar-refractivity contribution < 1.29 is 9.53 Å². The predicted octanol–water partition coefficient (Wildman–Crippen LogP) is 0.526. The van der Waals surface area contributed by atoms with Gasteiger partial charge in [0.05, 0.1) is 13.2 Å². The number of carbonyl (C=O) groups is 1. The first-order chi connectivity index (χ1) is 9.15. The molecule has 1 aromatic rings. The third-order valence-electron chi connectivity index (χ3n) is 3.39. The summed E-state index contributed by atoms with van der Waals surface area (Å²) in [5, 5.41) is 0.646. The van der Waals surface area contributed by atoms with Gasteiger partial charge in [0.2, 0.25) is 5.91 Å². The van der Waals surface area contributed by atoms with Gasteiger partial charge < -0.3 is 16.2 Å². The number of primary amides is 1. The summed E-state index contributed by atoms with van der Waals surface area (Å²) in [4.78, 5) is 13.5. The molecular weight excluding hydrogens is 266 g/mol. The number of benzene rings is 1. The molecule has 104 valence electrons. The van der Waals surface area contributed by atoms with Gasteiger partial charge in [-0.1, -0.05) is 29.8 Å². The van der Waals surface area contributed by atoms with Crippen molar-refractivity contribution in [2.45, 2.75) is 12.1 Å². The van der Waals surface area contributed by atoms with Crippen LogP contribution in [0.1, 0.15) is 11.6 Å². The number of carbonyl (C=O) groups excluding carboxylic acids is 1. The molecule has 0 radical (unpaired) electrons. The molecule has 19 heavy (non-hydrogen) atoms. The van der Waals surface area contributed by atoms with E-state index in [1.54, 1.807) is 0 Å². The molecule has 1 aliphatic heterocycles. The van der Waals surface area contributed by atoms with Crippen molar-refractivity contribution in [1.82, 2.24) is 4.90 Å². The number of nitrogens with zero attached hydrogens (tertiary/aromatic N) is 1. The van der Waals surface area contributed by atoms with Crippen molar-refractivity contribution in [3.05, 3.63) is 34.9 Å². The van der Waals surface area contributed by atoms with Gasteiger partial charge in [0.15, 0.2) is 0 Å². The monoisotopic (exact) mass is 283 g/mol. The predicted molar refractivity (Wildman–Crippen MR) is 73.8 cm³/mol. The zero-order valence-corrected chi connectivity index (χ0v) is 11.3. The molecule has 0 bridgehead atoms. The average Bonchev–Trinajstić information content (AvgIpc) is 2.42. The van der Waals surface area contributed by atoms with Gasteiger partial charge in [0.1, 0.15) is 6.04 Å². The van der Waals surface area contributed by atoms with Crippen LogP contribution >= 0.6 is 11.6 Å². The molecule has 0 spiro atoms. The molecule has 2 atom stereocenters. The first-order valence-electron chi connectivity index (χ1n) is 6.22. The Morgan fingerprint density at radius 3 is 2.89 bits per heavy atom. The molecule has 0 saturated carbocycles. The molecule has 2 unspecified atom stereocenters. The van der Waals surface area contributed by atoms with Crippen molar-refractivity contribution >= 4 is 17.5 Å². The number of ether oxygens (including phenoxy) is 1. The molecule has 1 heterocycles. The van der Waals surface area contributed by atoms with Crippen LogP contribution in [-0.4, -0.2) is 43.2 Å². The summed E-state index contributed by atoms with van der Waals surface area (Å²) in [5.74, 6) is -0.398. The van der Waals surface area contributed by atoms with E-state index in [2.05, 4.69) is 0 Å². The second-order valence-electron chi connectivity index (χ2n) is 4.50. The van der Waals surface area contributed by atoms with Gasteiger partial charge in [0.25, 0.3) is 0 Å². The summed E-state index contributed by atoms with van der Waals surface area (Å²) >= 11 is 6.21. The molecule has 0 aliphatic carbocycles. The molecule has 2 rings (SSSR count). The van der Waals surface area contributed by atoms with E-state index in [-0.39, 0.29) is 6.04 Å². The van der Waals surface area contributed by atoms with E-state index in [1.807, 2.05) is 29.2 Å². The van der Waals surface area contributed by atoms with E-state index in [1.165, 1.54) is 0 Å². The minimum atomic E-state index is -0.460. The number of halogens is 1. The highest BCUT2D eigenvalue weighted by molar-refractivity contribution is 6.31. The SMILES string of the molecule is NCC(c1ccccc1Cl)N1CCOCC1C(N)=O. The third kappa shape index (κ3) is 3.06. The summed E-state index contributed by atoms with van der Waals surface area (Å²) in [7, 11) is 0. The van der Waals surface area contributed by atoms with E-state index in [4.69, 9.17) is 27.8 Å². The minimum Gasteiger partial charge on any atom is -0.378 e. The van der Waals surface area contributed by atoms with E-state index < -0.39 is 11.9 Å². The Morgan fingerprint density at radius 2 is 2.26 bits per heavy atom. The summed E-state index contributed by atoms with van der Waals surface area (Å²) < 4.78 is 5.32. The van der Waals surface area contributed by atoms with Crippen molar-refractivity contribution in [2.75, 3.05) is 26.3 Å². The Kier molecular flexibility index (Phi) is 4.76. The maximum atomic E-state index is 11.5. The Labute approximate surface area is 117 Å². The van der Waals surface area contributed by atoms with Crippen LogP contribution in [0.25, 0.3) is 0 Å².